The molecule has 1 fully saturated rings. The molecule has 2 amide bonds. The summed E-state index contributed by atoms with van der Waals surface area (Å²) < 4.78 is 18.6. The van der Waals surface area contributed by atoms with Crippen LogP contribution in [0.5, 0.6) is 0 Å². The molecule has 2 atom stereocenters. The molecule has 2 N–H and O–H groups in total. The Bertz CT molecular complexity index is 450. The molecule has 0 radical (unpaired) electrons. The van der Waals surface area contributed by atoms with Gasteiger partial charge in [0, 0.05) is 12.2 Å². The van der Waals surface area contributed by atoms with Crippen molar-refractivity contribution in [1.29, 1.82) is 0 Å². The van der Waals surface area contributed by atoms with E-state index in [9.17, 15) is 9.18 Å². The first kappa shape index (κ1) is 15.8. The maximum absolute atomic E-state index is 12.7. The zero-order valence-electron chi connectivity index (χ0n) is 12.4. The average Bonchev–Trinajstić information content (AvgIpc) is 2.48. The van der Waals surface area contributed by atoms with E-state index in [0.29, 0.717) is 30.9 Å². The van der Waals surface area contributed by atoms with E-state index in [1.165, 1.54) is 43.5 Å². The summed E-state index contributed by atoms with van der Waals surface area (Å²) in [6, 6.07) is 5.36. The summed E-state index contributed by atoms with van der Waals surface area (Å²) in [5.41, 5.74) is 0.565. The molecule has 21 heavy (non-hydrogen) atoms. The van der Waals surface area contributed by atoms with Crippen molar-refractivity contribution < 1.29 is 13.9 Å². The highest BCUT2D eigenvalue weighted by atomic mass is 19.1. The second-order valence-corrected chi connectivity index (χ2v) is 5.56. The number of carbonyl (C=O) groups excluding carboxylic acids is 1. The van der Waals surface area contributed by atoms with Crippen LogP contribution in [-0.2, 0) is 4.74 Å². The number of amides is 2. The van der Waals surface area contributed by atoms with Gasteiger partial charge in [0.1, 0.15) is 5.82 Å². The lowest BCUT2D eigenvalue weighted by molar-refractivity contribution is -0.00232. The molecular formula is C16H23FN2O2. The highest BCUT2D eigenvalue weighted by Gasteiger charge is 2.21. The zero-order valence-corrected chi connectivity index (χ0v) is 12.4. The number of nitrogens with one attached hydrogen (secondary N) is 2. The van der Waals surface area contributed by atoms with Gasteiger partial charge in [0.25, 0.3) is 0 Å². The molecule has 0 heterocycles. The Morgan fingerprint density at radius 3 is 2.71 bits per heavy atom. The molecule has 1 aromatic carbocycles. The molecule has 1 aliphatic carbocycles. The van der Waals surface area contributed by atoms with E-state index in [1.54, 1.807) is 0 Å². The number of hydrogen-bond acceptors (Lipinski definition) is 2. The maximum Gasteiger partial charge on any atom is 0.319 e. The molecule has 5 heteroatoms. The summed E-state index contributed by atoms with van der Waals surface area (Å²) in [5, 5.41) is 5.38. The molecule has 2 rings (SSSR count). The van der Waals surface area contributed by atoms with Crippen molar-refractivity contribution >= 4 is 11.7 Å². The minimum atomic E-state index is -0.323. The third-order valence-electron chi connectivity index (χ3n) is 3.85. The summed E-state index contributed by atoms with van der Waals surface area (Å²) in [7, 11) is 0. The van der Waals surface area contributed by atoms with Crippen LogP contribution < -0.4 is 10.6 Å². The smallest absolute Gasteiger partial charge is 0.319 e. The number of rotatable bonds is 5. The second-order valence-electron chi connectivity index (χ2n) is 5.56. The quantitative estimate of drug-likeness (QED) is 0.816. The monoisotopic (exact) mass is 294 g/mol. The van der Waals surface area contributed by atoms with Crippen molar-refractivity contribution in [2.45, 2.75) is 38.7 Å². The van der Waals surface area contributed by atoms with Crippen LogP contribution in [-0.4, -0.2) is 25.3 Å². The first-order chi connectivity index (χ1) is 10.1. The Labute approximate surface area is 125 Å². The second kappa shape index (κ2) is 7.98. The van der Waals surface area contributed by atoms with Crippen LogP contribution in [0.1, 0.15) is 32.6 Å². The van der Waals surface area contributed by atoms with Crippen LogP contribution in [0, 0.1) is 11.7 Å². The standard InChI is InChI=1S/C16H23FN2O2/c1-12-4-2-3-5-15(12)21-11-10-18-16(20)19-14-8-6-13(17)7-9-14/h6-9,12,15H,2-5,10-11H2,1H3,(H2,18,19,20). The molecule has 2 unspecified atom stereocenters. The van der Waals surface area contributed by atoms with Gasteiger partial charge in [0.2, 0.25) is 0 Å². The molecule has 1 aromatic rings. The van der Waals surface area contributed by atoms with Crippen LogP contribution in [0.2, 0.25) is 0 Å². The lowest BCUT2D eigenvalue weighted by Crippen LogP contribution is -2.34. The summed E-state index contributed by atoms with van der Waals surface area (Å²) in [4.78, 5) is 11.6. The molecule has 0 aliphatic heterocycles. The molecule has 0 aromatic heterocycles. The largest absolute Gasteiger partial charge is 0.376 e. The van der Waals surface area contributed by atoms with E-state index in [1.807, 2.05) is 0 Å². The number of ether oxygens (including phenoxy) is 1. The fourth-order valence-corrected chi connectivity index (χ4v) is 2.61. The van der Waals surface area contributed by atoms with E-state index in [-0.39, 0.29) is 11.8 Å². The molecule has 0 spiro atoms. The lowest BCUT2D eigenvalue weighted by atomic mass is 9.88. The lowest BCUT2D eigenvalue weighted by Gasteiger charge is -2.28. The fourth-order valence-electron chi connectivity index (χ4n) is 2.61. The Morgan fingerprint density at radius 2 is 2.00 bits per heavy atom. The number of halogens is 1. The predicted molar refractivity (Wildman–Crippen MR) is 80.8 cm³/mol. The molecule has 1 saturated carbocycles. The zero-order chi connectivity index (χ0) is 15.1. The molecule has 0 bridgehead atoms. The van der Waals surface area contributed by atoms with Gasteiger partial charge in [-0.2, -0.15) is 0 Å². The van der Waals surface area contributed by atoms with E-state index in [4.69, 9.17) is 4.74 Å². The van der Waals surface area contributed by atoms with Crippen molar-refractivity contribution in [3.05, 3.63) is 30.1 Å². The first-order valence-corrected chi connectivity index (χ1v) is 7.57. The molecular weight excluding hydrogens is 271 g/mol. The van der Waals surface area contributed by atoms with Crippen LogP contribution in [0.4, 0.5) is 14.9 Å². The number of urea groups is 1. The highest BCUT2D eigenvalue weighted by Crippen LogP contribution is 2.25. The van der Waals surface area contributed by atoms with E-state index >= 15 is 0 Å². The number of anilines is 1. The maximum atomic E-state index is 12.7. The van der Waals surface area contributed by atoms with Gasteiger partial charge in [-0.1, -0.05) is 19.8 Å². The minimum absolute atomic E-state index is 0.304. The average molecular weight is 294 g/mol. The van der Waals surface area contributed by atoms with Gasteiger partial charge in [-0.15, -0.1) is 0 Å². The SMILES string of the molecule is CC1CCCCC1OCCNC(=O)Nc1ccc(F)cc1. The summed E-state index contributed by atoms with van der Waals surface area (Å²) in [6.45, 7) is 3.21. The number of benzene rings is 1. The van der Waals surface area contributed by atoms with E-state index in [2.05, 4.69) is 17.6 Å². The van der Waals surface area contributed by atoms with Crippen LogP contribution >= 0.6 is 0 Å². The van der Waals surface area contributed by atoms with E-state index < -0.39 is 0 Å². The van der Waals surface area contributed by atoms with Gasteiger partial charge in [0.05, 0.1) is 12.7 Å². The molecule has 4 nitrogen and oxygen atoms in total. The minimum Gasteiger partial charge on any atom is -0.376 e. The van der Waals surface area contributed by atoms with E-state index in [0.717, 1.165) is 6.42 Å². The first-order valence-electron chi connectivity index (χ1n) is 7.57. The Morgan fingerprint density at radius 1 is 1.29 bits per heavy atom. The Kier molecular flexibility index (Phi) is 5.99. The molecule has 1 aliphatic rings. The van der Waals surface area contributed by atoms with Gasteiger partial charge in [0.15, 0.2) is 0 Å². The van der Waals surface area contributed by atoms with Crippen molar-refractivity contribution in [3.63, 3.8) is 0 Å². The molecule has 0 saturated heterocycles. The summed E-state index contributed by atoms with van der Waals surface area (Å²) in [6.07, 6.45) is 5.18. The third kappa shape index (κ3) is 5.34. The molecule has 116 valence electrons. The van der Waals surface area contributed by atoms with Crippen LogP contribution in [0.15, 0.2) is 24.3 Å². The van der Waals surface area contributed by atoms with Crippen molar-refractivity contribution in [2.75, 3.05) is 18.5 Å². The van der Waals surface area contributed by atoms with Gasteiger partial charge in [-0.3, -0.25) is 0 Å². The Hall–Kier alpha value is -1.62. The number of hydrogen-bond donors (Lipinski definition) is 2. The highest BCUT2D eigenvalue weighted by molar-refractivity contribution is 5.89. The van der Waals surface area contributed by atoms with Crippen LogP contribution in [0.25, 0.3) is 0 Å². The van der Waals surface area contributed by atoms with Crippen LogP contribution in [0.3, 0.4) is 0 Å². The Balaban J connectivity index is 1.61. The van der Waals surface area contributed by atoms with Crippen molar-refractivity contribution in [3.8, 4) is 0 Å². The normalized spacial score (nSPS) is 21.8. The topological polar surface area (TPSA) is 50.4 Å². The summed E-state index contributed by atoms with van der Waals surface area (Å²) >= 11 is 0. The predicted octanol–water partition coefficient (Wildman–Crippen LogP) is 3.54. The third-order valence-corrected chi connectivity index (χ3v) is 3.85. The van der Waals surface area contributed by atoms with Gasteiger partial charge in [-0.05, 0) is 43.0 Å². The number of carbonyl (C=O) groups is 1. The van der Waals surface area contributed by atoms with Gasteiger partial charge >= 0.3 is 6.03 Å². The van der Waals surface area contributed by atoms with Gasteiger partial charge in [-0.25, -0.2) is 9.18 Å². The van der Waals surface area contributed by atoms with Gasteiger partial charge < -0.3 is 15.4 Å². The van der Waals surface area contributed by atoms with Crippen molar-refractivity contribution in [2.24, 2.45) is 5.92 Å². The summed E-state index contributed by atoms with van der Waals surface area (Å²) in [5.74, 6) is 0.280. The van der Waals surface area contributed by atoms with Crippen molar-refractivity contribution in [1.82, 2.24) is 5.32 Å². The fraction of sp³-hybridized carbons (Fsp3) is 0.562.